The molecule has 1 amide bonds. The van der Waals surface area contributed by atoms with Gasteiger partial charge in [0, 0.05) is 6.08 Å². The van der Waals surface area contributed by atoms with E-state index in [1.165, 1.54) is 43.7 Å². The number of amides is 1. The minimum absolute atomic E-state index is 0.0662. The van der Waals surface area contributed by atoms with Crippen LogP contribution < -0.4 is 14.8 Å². The van der Waals surface area contributed by atoms with Gasteiger partial charge in [-0.2, -0.15) is 0 Å². The minimum atomic E-state index is -3.94. The molecule has 0 atom stereocenters. The first kappa shape index (κ1) is 20.5. The van der Waals surface area contributed by atoms with Gasteiger partial charge in [0.15, 0.2) is 0 Å². The number of halogens is 1. The molecule has 0 fully saturated rings. The highest BCUT2D eigenvalue weighted by molar-refractivity contribution is 7.92. The van der Waals surface area contributed by atoms with Crippen LogP contribution in [0.5, 0.6) is 5.75 Å². The molecule has 0 radical (unpaired) electrons. The smallest absolute Gasteiger partial charge is 0.262 e. The molecule has 9 heteroatoms. The summed E-state index contributed by atoms with van der Waals surface area (Å²) in [6.07, 6.45) is 4.24. The summed E-state index contributed by atoms with van der Waals surface area (Å²) in [5.41, 5.74) is 0.445. The molecule has 0 spiro atoms. The SMILES string of the molecule is COc1ccc(S(=O)(=O)Nc2ccccc2Cl)cc1NC(=O)/C=C/c1ccco1. The average molecular weight is 433 g/mol. The molecular formula is C20H17ClN2O5S. The second kappa shape index (κ2) is 8.85. The number of benzene rings is 2. The quantitative estimate of drug-likeness (QED) is 0.539. The average Bonchev–Trinajstić information content (AvgIpc) is 3.22. The van der Waals surface area contributed by atoms with Crippen molar-refractivity contribution in [2.45, 2.75) is 4.90 Å². The standard InChI is InChI=1S/C20H17ClN2O5S/c1-27-19-10-9-15(29(25,26)23-17-7-3-2-6-16(17)21)13-18(19)22-20(24)11-8-14-5-4-12-28-14/h2-13,23H,1H3,(H,22,24)/b11-8+. The summed E-state index contributed by atoms with van der Waals surface area (Å²) in [6.45, 7) is 0. The fraction of sp³-hybridized carbons (Fsp3) is 0.0500. The third-order valence-corrected chi connectivity index (χ3v) is 5.49. The Hall–Kier alpha value is -3.23. The van der Waals surface area contributed by atoms with Gasteiger partial charge in [0.1, 0.15) is 11.5 Å². The highest BCUT2D eigenvalue weighted by Crippen LogP contribution is 2.30. The van der Waals surface area contributed by atoms with Crippen LogP contribution in [0.25, 0.3) is 6.08 Å². The summed E-state index contributed by atoms with van der Waals surface area (Å²) in [5.74, 6) is 0.335. The molecule has 0 saturated heterocycles. The van der Waals surface area contributed by atoms with Gasteiger partial charge >= 0.3 is 0 Å². The van der Waals surface area contributed by atoms with Crippen molar-refractivity contribution in [3.05, 3.63) is 77.7 Å². The van der Waals surface area contributed by atoms with E-state index in [0.29, 0.717) is 11.5 Å². The van der Waals surface area contributed by atoms with Crippen molar-refractivity contribution in [1.82, 2.24) is 0 Å². The van der Waals surface area contributed by atoms with E-state index < -0.39 is 15.9 Å². The fourth-order valence-electron chi connectivity index (χ4n) is 2.42. The molecule has 7 nitrogen and oxygen atoms in total. The van der Waals surface area contributed by atoms with Crippen LogP contribution in [0.2, 0.25) is 5.02 Å². The van der Waals surface area contributed by atoms with E-state index in [4.69, 9.17) is 20.8 Å². The lowest BCUT2D eigenvalue weighted by molar-refractivity contribution is -0.111. The highest BCUT2D eigenvalue weighted by Gasteiger charge is 2.18. The zero-order chi connectivity index (χ0) is 20.9. The van der Waals surface area contributed by atoms with Gasteiger partial charge in [-0.05, 0) is 48.5 Å². The number of rotatable bonds is 7. The molecule has 2 N–H and O–H groups in total. The Morgan fingerprint density at radius 2 is 1.90 bits per heavy atom. The molecule has 0 bridgehead atoms. The number of sulfonamides is 1. The van der Waals surface area contributed by atoms with Crippen molar-refractivity contribution in [1.29, 1.82) is 0 Å². The van der Waals surface area contributed by atoms with Crippen LogP contribution in [-0.2, 0) is 14.8 Å². The minimum Gasteiger partial charge on any atom is -0.495 e. The Labute approximate surface area is 173 Å². The Morgan fingerprint density at radius 1 is 1.10 bits per heavy atom. The van der Waals surface area contributed by atoms with Crippen LogP contribution in [0.4, 0.5) is 11.4 Å². The Kier molecular flexibility index (Phi) is 6.26. The Balaban J connectivity index is 1.84. The first-order valence-corrected chi connectivity index (χ1v) is 10.2. The monoisotopic (exact) mass is 432 g/mol. The predicted molar refractivity (Wildman–Crippen MR) is 112 cm³/mol. The highest BCUT2D eigenvalue weighted by atomic mass is 35.5. The second-order valence-electron chi connectivity index (χ2n) is 5.79. The van der Waals surface area contributed by atoms with Gasteiger partial charge in [0.25, 0.3) is 10.0 Å². The van der Waals surface area contributed by atoms with E-state index in [1.807, 2.05) is 0 Å². The number of hydrogen-bond donors (Lipinski definition) is 2. The maximum atomic E-state index is 12.7. The summed E-state index contributed by atoms with van der Waals surface area (Å²) in [6, 6.07) is 14.0. The first-order valence-electron chi connectivity index (χ1n) is 8.37. The summed E-state index contributed by atoms with van der Waals surface area (Å²) < 4.78 is 38.2. The van der Waals surface area contributed by atoms with Crippen LogP contribution in [0.15, 0.2) is 76.2 Å². The molecule has 2 aromatic carbocycles. The van der Waals surface area contributed by atoms with Gasteiger partial charge in [-0.1, -0.05) is 23.7 Å². The van der Waals surface area contributed by atoms with Crippen molar-refractivity contribution in [3.63, 3.8) is 0 Å². The van der Waals surface area contributed by atoms with Crippen molar-refractivity contribution >= 4 is 45.0 Å². The van der Waals surface area contributed by atoms with E-state index >= 15 is 0 Å². The van der Waals surface area contributed by atoms with Gasteiger partial charge < -0.3 is 14.5 Å². The summed E-state index contributed by atoms with van der Waals surface area (Å²) >= 11 is 6.02. The molecular weight excluding hydrogens is 416 g/mol. The number of anilines is 2. The third kappa shape index (κ3) is 5.18. The third-order valence-electron chi connectivity index (χ3n) is 3.80. The number of carbonyl (C=O) groups excluding carboxylic acids is 1. The summed E-state index contributed by atoms with van der Waals surface area (Å²) in [4.78, 5) is 12.1. The van der Waals surface area contributed by atoms with Crippen LogP contribution in [0.1, 0.15) is 5.76 Å². The van der Waals surface area contributed by atoms with Crippen molar-refractivity contribution in [2.24, 2.45) is 0 Å². The predicted octanol–water partition coefficient (Wildman–Crippen LogP) is 4.39. The molecule has 0 aliphatic heterocycles. The van der Waals surface area contributed by atoms with Gasteiger partial charge in [-0.15, -0.1) is 0 Å². The Morgan fingerprint density at radius 3 is 2.59 bits per heavy atom. The van der Waals surface area contributed by atoms with Crippen molar-refractivity contribution in [2.75, 3.05) is 17.1 Å². The zero-order valence-corrected chi connectivity index (χ0v) is 16.8. The molecule has 1 aromatic heterocycles. The lowest BCUT2D eigenvalue weighted by Crippen LogP contribution is -2.15. The summed E-state index contributed by atoms with van der Waals surface area (Å²) in [5, 5.41) is 2.87. The van der Waals surface area contributed by atoms with E-state index in [9.17, 15) is 13.2 Å². The number of carbonyl (C=O) groups is 1. The second-order valence-corrected chi connectivity index (χ2v) is 7.88. The number of methoxy groups -OCH3 is 1. The number of hydrogen-bond acceptors (Lipinski definition) is 5. The maximum Gasteiger partial charge on any atom is 0.262 e. The number of ether oxygens (including phenoxy) is 1. The van der Waals surface area contributed by atoms with Crippen LogP contribution in [0, 0.1) is 0 Å². The normalized spacial score (nSPS) is 11.4. The molecule has 29 heavy (non-hydrogen) atoms. The van der Waals surface area contributed by atoms with E-state index in [0.717, 1.165) is 0 Å². The van der Waals surface area contributed by atoms with E-state index in [2.05, 4.69) is 10.0 Å². The number of furan rings is 1. The molecule has 0 saturated carbocycles. The molecule has 0 unspecified atom stereocenters. The van der Waals surface area contributed by atoms with Crippen molar-refractivity contribution in [3.8, 4) is 5.75 Å². The molecule has 0 aliphatic carbocycles. The molecule has 1 heterocycles. The maximum absolute atomic E-state index is 12.7. The topological polar surface area (TPSA) is 97.6 Å². The summed E-state index contributed by atoms with van der Waals surface area (Å²) in [7, 11) is -2.52. The van der Waals surface area contributed by atoms with Gasteiger partial charge in [0.05, 0.1) is 34.7 Å². The molecule has 150 valence electrons. The van der Waals surface area contributed by atoms with Gasteiger partial charge in [-0.3, -0.25) is 9.52 Å². The fourth-order valence-corrected chi connectivity index (χ4v) is 3.76. The molecule has 0 aliphatic rings. The lowest BCUT2D eigenvalue weighted by Gasteiger charge is -2.13. The Bertz CT molecular complexity index is 1140. The number of nitrogens with one attached hydrogen (secondary N) is 2. The van der Waals surface area contributed by atoms with E-state index in [-0.39, 0.29) is 21.3 Å². The lowest BCUT2D eigenvalue weighted by atomic mass is 10.3. The van der Waals surface area contributed by atoms with Crippen molar-refractivity contribution < 1.29 is 22.4 Å². The van der Waals surface area contributed by atoms with Gasteiger partial charge in [0.2, 0.25) is 5.91 Å². The van der Waals surface area contributed by atoms with Crippen LogP contribution in [-0.4, -0.2) is 21.4 Å². The first-order chi connectivity index (χ1) is 13.9. The van der Waals surface area contributed by atoms with E-state index in [1.54, 1.807) is 36.4 Å². The molecule has 3 aromatic rings. The molecule has 3 rings (SSSR count). The zero-order valence-electron chi connectivity index (χ0n) is 15.3. The van der Waals surface area contributed by atoms with Crippen LogP contribution >= 0.6 is 11.6 Å². The van der Waals surface area contributed by atoms with Gasteiger partial charge in [-0.25, -0.2) is 8.42 Å². The van der Waals surface area contributed by atoms with Crippen LogP contribution in [0.3, 0.4) is 0 Å². The largest absolute Gasteiger partial charge is 0.495 e. The number of para-hydroxylation sites is 1.